The van der Waals surface area contributed by atoms with E-state index in [9.17, 15) is 4.79 Å². The first-order valence-corrected chi connectivity index (χ1v) is 13.1. The van der Waals surface area contributed by atoms with Crippen LogP contribution in [0.1, 0.15) is 61.5 Å². The van der Waals surface area contributed by atoms with Gasteiger partial charge in [0.2, 0.25) is 0 Å². The Labute approximate surface area is 223 Å². The number of carbonyl (C=O) groups is 1. The van der Waals surface area contributed by atoms with Gasteiger partial charge < -0.3 is 10.1 Å². The highest BCUT2D eigenvalue weighted by molar-refractivity contribution is 7.80. The minimum Gasteiger partial charge on any atom is -0.491 e. The van der Waals surface area contributed by atoms with Crippen molar-refractivity contribution in [3.05, 3.63) is 77.4 Å². The third-order valence-corrected chi connectivity index (χ3v) is 6.40. The Hall–Kier alpha value is -3.78. The van der Waals surface area contributed by atoms with E-state index in [1.165, 1.54) is 18.4 Å². The van der Waals surface area contributed by atoms with Gasteiger partial charge in [-0.15, -0.1) is 10.2 Å². The fourth-order valence-corrected chi connectivity index (χ4v) is 4.05. The number of hydrogen-bond donors (Lipinski definition) is 2. The monoisotopic (exact) mass is 515 g/mol. The zero-order valence-electron chi connectivity index (χ0n) is 21.7. The minimum absolute atomic E-state index is 0.0714. The van der Waals surface area contributed by atoms with Gasteiger partial charge in [0.25, 0.3) is 5.91 Å². The van der Waals surface area contributed by atoms with Gasteiger partial charge in [0, 0.05) is 11.3 Å². The first kappa shape index (κ1) is 26.3. The molecule has 0 fully saturated rings. The number of amides is 1. The van der Waals surface area contributed by atoms with Gasteiger partial charge in [0.15, 0.2) is 5.11 Å². The molecule has 0 spiro atoms. The summed E-state index contributed by atoms with van der Waals surface area (Å²) in [6.45, 7) is 8.20. The van der Waals surface area contributed by atoms with E-state index in [2.05, 4.69) is 46.8 Å². The van der Waals surface area contributed by atoms with Crippen LogP contribution in [0.3, 0.4) is 0 Å². The van der Waals surface area contributed by atoms with Gasteiger partial charge in [0.05, 0.1) is 11.8 Å². The second-order valence-corrected chi connectivity index (χ2v) is 9.60. The van der Waals surface area contributed by atoms with Gasteiger partial charge in [0.1, 0.15) is 16.8 Å². The lowest BCUT2D eigenvalue weighted by Gasteiger charge is -2.14. The molecule has 8 heteroatoms. The van der Waals surface area contributed by atoms with Gasteiger partial charge in [-0.25, -0.2) is 0 Å². The fourth-order valence-electron chi connectivity index (χ4n) is 3.85. The summed E-state index contributed by atoms with van der Waals surface area (Å²) in [5, 5.41) is 15.4. The molecular weight excluding hydrogens is 482 g/mol. The van der Waals surface area contributed by atoms with E-state index in [0.29, 0.717) is 11.3 Å². The lowest BCUT2D eigenvalue weighted by atomic mass is 10.1. The Kier molecular flexibility index (Phi) is 8.50. The van der Waals surface area contributed by atoms with Crippen LogP contribution in [0.25, 0.3) is 16.7 Å². The number of hydrogen-bond acceptors (Lipinski definition) is 5. The molecule has 2 N–H and O–H groups in total. The number of unbranched alkanes of at least 4 members (excludes halogenated alkanes) is 1. The van der Waals surface area contributed by atoms with Crippen molar-refractivity contribution in [1.82, 2.24) is 20.3 Å². The summed E-state index contributed by atoms with van der Waals surface area (Å²) in [6, 6.07) is 19.3. The Morgan fingerprint density at radius 1 is 1.05 bits per heavy atom. The molecule has 1 amide bonds. The number of aromatic nitrogens is 3. The lowest BCUT2D eigenvalue weighted by molar-refractivity contribution is 0.0977. The molecule has 3 aromatic carbocycles. The van der Waals surface area contributed by atoms with Gasteiger partial charge in [-0.05, 0) is 98.9 Å². The van der Waals surface area contributed by atoms with Crippen molar-refractivity contribution in [2.45, 2.75) is 59.5 Å². The number of aryl methyl sites for hydroxylation is 2. The molecular formula is C29H33N5O2S. The molecule has 37 heavy (non-hydrogen) atoms. The molecule has 0 aliphatic heterocycles. The average molecular weight is 516 g/mol. The summed E-state index contributed by atoms with van der Waals surface area (Å²) in [4.78, 5) is 14.4. The molecule has 0 aliphatic rings. The van der Waals surface area contributed by atoms with Crippen molar-refractivity contribution in [1.29, 1.82) is 0 Å². The normalized spacial score (nSPS) is 11.8. The Morgan fingerprint density at radius 3 is 2.49 bits per heavy atom. The Balaban J connectivity index is 1.44. The summed E-state index contributed by atoms with van der Waals surface area (Å²) in [6.07, 6.45) is 4.39. The summed E-state index contributed by atoms with van der Waals surface area (Å²) in [5.41, 5.74) is 5.91. The molecule has 7 nitrogen and oxygen atoms in total. The molecule has 1 aromatic heterocycles. The number of ether oxygens (including phenoxy) is 1. The summed E-state index contributed by atoms with van der Waals surface area (Å²) in [5.74, 6) is 0.347. The molecule has 192 valence electrons. The number of nitrogens with zero attached hydrogens (tertiary/aromatic N) is 3. The minimum atomic E-state index is -0.306. The predicted molar refractivity (Wildman–Crippen MR) is 153 cm³/mol. The van der Waals surface area contributed by atoms with Crippen LogP contribution in [0, 0.1) is 6.92 Å². The first-order valence-electron chi connectivity index (χ1n) is 12.7. The third kappa shape index (κ3) is 6.71. The van der Waals surface area contributed by atoms with Crippen molar-refractivity contribution in [3.63, 3.8) is 0 Å². The molecule has 0 saturated heterocycles. The van der Waals surface area contributed by atoms with Crippen LogP contribution in [-0.2, 0) is 6.42 Å². The zero-order chi connectivity index (χ0) is 26.4. The maximum absolute atomic E-state index is 12.8. The third-order valence-electron chi connectivity index (χ3n) is 6.20. The van der Waals surface area contributed by atoms with Gasteiger partial charge in [-0.3, -0.25) is 10.1 Å². The number of carbonyl (C=O) groups excluding carboxylic acids is 1. The van der Waals surface area contributed by atoms with Crippen LogP contribution in [0.2, 0.25) is 0 Å². The molecule has 1 atom stereocenters. The number of fused-ring (bicyclic) bond motifs is 1. The molecule has 4 rings (SSSR count). The van der Waals surface area contributed by atoms with E-state index in [0.717, 1.165) is 40.8 Å². The molecule has 0 unspecified atom stereocenters. The molecule has 0 bridgehead atoms. The number of benzene rings is 3. The molecule has 0 saturated carbocycles. The second kappa shape index (κ2) is 12.0. The quantitative estimate of drug-likeness (QED) is 0.252. The summed E-state index contributed by atoms with van der Waals surface area (Å²) in [7, 11) is 0. The van der Waals surface area contributed by atoms with Crippen molar-refractivity contribution >= 4 is 40.0 Å². The van der Waals surface area contributed by atoms with E-state index in [1.54, 1.807) is 23.0 Å². The fraction of sp³-hybridized carbons (Fsp3) is 0.310. The average Bonchev–Trinajstić information content (AvgIpc) is 3.30. The number of anilines is 1. The highest BCUT2D eigenvalue weighted by atomic mass is 32.1. The van der Waals surface area contributed by atoms with E-state index < -0.39 is 0 Å². The second-order valence-electron chi connectivity index (χ2n) is 9.19. The molecule has 0 aliphatic carbocycles. The number of thiocarbonyl (C=S) groups is 1. The highest BCUT2D eigenvalue weighted by Crippen LogP contribution is 2.23. The van der Waals surface area contributed by atoms with E-state index >= 15 is 0 Å². The predicted octanol–water partition coefficient (Wildman–Crippen LogP) is 6.38. The Morgan fingerprint density at radius 2 is 1.78 bits per heavy atom. The van der Waals surface area contributed by atoms with E-state index in [1.807, 2.05) is 44.2 Å². The van der Waals surface area contributed by atoms with Gasteiger partial charge in [-0.1, -0.05) is 38.5 Å². The molecule has 1 heterocycles. The van der Waals surface area contributed by atoms with Crippen LogP contribution in [0.4, 0.5) is 5.69 Å². The van der Waals surface area contributed by atoms with Gasteiger partial charge >= 0.3 is 0 Å². The van der Waals surface area contributed by atoms with Crippen molar-refractivity contribution in [2.24, 2.45) is 0 Å². The molecule has 4 aromatic rings. The summed E-state index contributed by atoms with van der Waals surface area (Å²) >= 11 is 5.42. The standard InChI is InChI=1S/C29H33N5O2S/c1-5-7-9-21-12-14-23(15-13-21)34-32-26-16-19(3)25(18-27(26)33-34)30-29(37)31-28(35)22-10-8-11-24(17-22)36-20(4)6-2/h8,10-18,20H,5-7,9H2,1-4H3,(H2,30,31,35,37)/t20-/m0/s1. The number of nitrogens with one attached hydrogen (secondary N) is 2. The Bertz CT molecular complexity index is 1400. The zero-order valence-corrected chi connectivity index (χ0v) is 22.6. The van der Waals surface area contributed by atoms with Crippen molar-refractivity contribution < 1.29 is 9.53 Å². The van der Waals surface area contributed by atoms with Crippen LogP contribution >= 0.6 is 12.2 Å². The van der Waals surface area contributed by atoms with Crippen LogP contribution in [0.15, 0.2) is 60.7 Å². The lowest BCUT2D eigenvalue weighted by Crippen LogP contribution is -2.34. The smallest absolute Gasteiger partial charge is 0.257 e. The SMILES string of the molecule is CCCCc1ccc(-n2nc3cc(C)c(NC(=S)NC(=O)c4cccc(O[C@@H](C)CC)c4)cc3n2)cc1. The van der Waals surface area contributed by atoms with E-state index in [4.69, 9.17) is 17.0 Å². The topological polar surface area (TPSA) is 81.1 Å². The molecule has 0 radical (unpaired) electrons. The van der Waals surface area contributed by atoms with Crippen LogP contribution in [0.5, 0.6) is 5.75 Å². The van der Waals surface area contributed by atoms with Gasteiger partial charge in [-0.2, -0.15) is 4.80 Å². The van der Waals surface area contributed by atoms with E-state index in [-0.39, 0.29) is 17.1 Å². The number of rotatable bonds is 9. The first-order chi connectivity index (χ1) is 17.9. The van der Waals surface area contributed by atoms with Crippen molar-refractivity contribution in [2.75, 3.05) is 5.32 Å². The largest absolute Gasteiger partial charge is 0.491 e. The van der Waals surface area contributed by atoms with Crippen LogP contribution in [-0.4, -0.2) is 32.1 Å². The van der Waals surface area contributed by atoms with Crippen LogP contribution < -0.4 is 15.4 Å². The maximum Gasteiger partial charge on any atom is 0.257 e. The highest BCUT2D eigenvalue weighted by Gasteiger charge is 2.13. The summed E-state index contributed by atoms with van der Waals surface area (Å²) < 4.78 is 5.82. The maximum atomic E-state index is 12.8. The van der Waals surface area contributed by atoms with Crippen molar-refractivity contribution in [3.8, 4) is 11.4 Å².